The Bertz CT molecular complexity index is 529. The number of nitrogens with one attached hydrogen (secondary N) is 1. The summed E-state index contributed by atoms with van der Waals surface area (Å²) in [5.41, 5.74) is 6.29. The molecule has 1 atom stereocenters. The molecule has 108 valence electrons. The Morgan fingerprint density at radius 3 is 2.42 bits per heavy atom. The highest BCUT2D eigenvalue weighted by Gasteiger charge is 2.19. The molecule has 0 aliphatic rings. The van der Waals surface area contributed by atoms with E-state index >= 15 is 0 Å². The maximum atomic E-state index is 12.2. The molecule has 0 amide bonds. The van der Waals surface area contributed by atoms with Gasteiger partial charge in [-0.1, -0.05) is 38.4 Å². The van der Waals surface area contributed by atoms with Gasteiger partial charge in [-0.25, -0.2) is 13.1 Å². The van der Waals surface area contributed by atoms with Crippen LogP contribution in [0.3, 0.4) is 0 Å². The molecule has 0 saturated heterocycles. The normalized spacial score (nSPS) is 13.8. The summed E-state index contributed by atoms with van der Waals surface area (Å²) >= 11 is 6.00. The fourth-order valence-electron chi connectivity index (χ4n) is 1.44. The van der Waals surface area contributed by atoms with E-state index in [0.717, 1.165) is 5.56 Å². The van der Waals surface area contributed by atoms with Gasteiger partial charge in [0.15, 0.2) is 0 Å². The Morgan fingerprint density at radius 2 is 1.95 bits per heavy atom. The standard InChI is InChI=1S/C13H21ClN2O2S/c1-9(2)10(3)8-16-19(17,18)13-5-4-11(7-15)6-12(13)14/h4-6,9-10,16H,7-8,15H2,1-3H3. The lowest BCUT2D eigenvalue weighted by molar-refractivity contribution is 0.414. The predicted molar refractivity (Wildman–Crippen MR) is 78.5 cm³/mol. The highest BCUT2D eigenvalue weighted by Crippen LogP contribution is 2.22. The third-order valence-corrected chi connectivity index (χ3v) is 5.16. The number of nitrogens with two attached hydrogens (primary N) is 1. The molecule has 0 fully saturated rings. The molecule has 4 nitrogen and oxygen atoms in total. The summed E-state index contributed by atoms with van der Waals surface area (Å²) in [6.45, 7) is 6.85. The molecule has 1 rings (SSSR count). The van der Waals surface area contributed by atoms with Crippen molar-refractivity contribution in [3.8, 4) is 0 Å². The highest BCUT2D eigenvalue weighted by atomic mass is 35.5. The SMILES string of the molecule is CC(C)C(C)CNS(=O)(=O)c1ccc(CN)cc1Cl. The zero-order valence-corrected chi connectivity index (χ0v) is 13.1. The lowest BCUT2D eigenvalue weighted by Gasteiger charge is -2.16. The summed E-state index contributed by atoms with van der Waals surface area (Å²) in [7, 11) is -3.57. The van der Waals surface area contributed by atoms with Gasteiger partial charge in [0, 0.05) is 13.1 Å². The monoisotopic (exact) mass is 304 g/mol. The van der Waals surface area contributed by atoms with Crippen molar-refractivity contribution in [2.75, 3.05) is 6.54 Å². The van der Waals surface area contributed by atoms with Crippen molar-refractivity contribution in [2.45, 2.75) is 32.2 Å². The summed E-state index contributed by atoms with van der Waals surface area (Å²) in [4.78, 5) is 0.0994. The van der Waals surface area contributed by atoms with E-state index in [1.165, 1.54) is 6.07 Å². The van der Waals surface area contributed by atoms with Crippen LogP contribution in [0.25, 0.3) is 0 Å². The molecule has 0 radical (unpaired) electrons. The number of hydrogen-bond acceptors (Lipinski definition) is 3. The molecule has 3 N–H and O–H groups in total. The van der Waals surface area contributed by atoms with Crippen LogP contribution in [-0.2, 0) is 16.6 Å². The molecule has 0 heterocycles. The van der Waals surface area contributed by atoms with Gasteiger partial charge in [0.1, 0.15) is 4.90 Å². The summed E-state index contributed by atoms with van der Waals surface area (Å²) in [5, 5.41) is 0.202. The Balaban J connectivity index is 2.89. The smallest absolute Gasteiger partial charge is 0.242 e. The van der Waals surface area contributed by atoms with Crippen molar-refractivity contribution < 1.29 is 8.42 Å². The minimum atomic E-state index is -3.57. The first kappa shape index (κ1) is 16.4. The Labute approximate surface area is 120 Å². The maximum Gasteiger partial charge on any atom is 0.242 e. The van der Waals surface area contributed by atoms with Crippen LogP contribution in [0.15, 0.2) is 23.1 Å². The summed E-state index contributed by atoms with van der Waals surface area (Å²) in [6, 6.07) is 4.75. The number of hydrogen-bond donors (Lipinski definition) is 2. The molecule has 1 aromatic carbocycles. The van der Waals surface area contributed by atoms with E-state index in [4.69, 9.17) is 17.3 Å². The molecule has 0 spiro atoms. The van der Waals surface area contributed by atoms with Crippen LogP contribution in [0.5, 0.6) is 0 Å². The first-order valence-corrected chi connectivity index (χ1v) is 8.12. The molecule has 0 saturated carbocycles. The highest BCUT2D eigenvalue weighted by molar-refractivity contribution is 7.89. The first-order valence-electron chi connectivity index (χ1n) is 6.26. The molecule has 0 aromatic heterocycles. The molecule has 0 aliphatic heterocycles. The zero-order valence-electron chi connectivity index (χ0n) is 11.5. The third kappa shape index (κ3) is 4.45. The molecular weight excluding hydrogens is 284 g/mol. The molecule has 1 unspecified atom stereocenters. The molecule has 0 aliphatic carbocycles. The van der Waals surface area contributed by atoms with Crippen molar-refractivity contribution in [3.05, 3.63) is 28.8 Å². The van der Waals surface area contributed by atoms with Crippen LogP contribution in [-0.4, -0.2) is 15.0 Å². The lowest BCUT2D eigenvalue weighted by atomic mass is 9.99. The van der Waals surface area contributed by atoms with E-state index in [-0.39, 0.29) is 15.8 Å². The second-order valence-electron chi connectivity index (χ2n) is 5.04. The van der Waals surface area contributed by atoms with Gasteiger partial charge in [0.25, 0.3) is 0 Å². The van der Waals surface area contributed by atoms with Gasteiger partial charge in [0.05, 0.1) is 5.02 Å². The van der Waals surface area contributed by atoms with E-state index in [2.05, 4.69) is 18.6 Å². The van der Waals surface area contributed by atoms with E-state index < -0.39 is 10.0 Å². The number of sulfonamides is 1. The average molecular weight is 305 g/mol. The Hall–Kier alpha value is -0.620. The summed E-state index contributed by atoms with van der Waals surface area (Å²) in [6.07, 6.45) is 0. The second-order valence-corrected chi connectivity index (χ2v) is 7.18. The number of rotatable bonds is 6. The molecule has 19 heavy (non-hydrogen) atoms. The summed E-state index contributed by atoms with van der Waals surface area (Å²) in [5.74, 6) is 0.676. The van der Waals surface area contributed by atoms with Crippen LogP contribution in [0.1, 0.15) is 26.3 Å². The van der Waals surface area contributed by atoms with Gasteiger partial charge >= 0.3 is 0 Å². The quantitative estimate of drug-likeness (QED) is 0.847. The van der Waals surface area contributed by atoms with Crippen molar-refractivity contribution >= 4 is 21.6 Å². The van der Waals surface area contributed by atoms with Gasteiger partial charge in [0.2, 0.25) is 10.0 Å². The van der Waals surface area contributed by atoms with E-state index in [0.29, 0.717) is 19.0 Å². The fourth-order valence-corrected chi connectivity index (χ4v) is 3.15. The Kier molecular flexibility index (Phi) is 5.80. The van der Waals surface area contributed by atoms with Gasteiger partial charge in [-0.2, -0.15) is 0 Å². The van der Waals surface area contributed by atoms with Crippen molar-refractivity contribution in [1.29, 1.82) is 0 Å². The molecule has 6 heteroatoms. The van der Waals surface area contributed by atoms with Gasteiger partial charge in [-0.3, -0.25) is 0 Å². The minimum absolute atomic E-state index is 0.0994. The van der Waals surface area contributed by atoms with Crippen molar-refractivity contribution in [2.24, 2.45) is 17.6 Å². The number of halogens is 1. The molecule has 1 aromatic rings. The predicted octanol–water partition coefficient (Wildman–Crippen LogP) is 2.37. The fraction of sp³-hybridized carbons (Fsp3) is 0.538. The van der Waals surface area contributed by atoms with Crippen molar-refractivity contribution in [3.63, 3.8) is 0 Å². The van der Waals surface area contributed by atoms with Crippen LogP contribution in [0.4, 0.5) is 0 Å². The molecule has 0 bridgehead atoms. The van der Waals surface area contributed by atoms with E-state index in [9.17, 15) is 8.42 Å². The lowest BCUT2D eigenvalue weighted by Crippen LogP contribution is -2.30. The first-order chi connectivity index (χ1) is 8.77. The second kappa shape index (κ2) is 6.70. The van der Waals surface area contributed by atoms with Crippen LogP contribution in [0.2, 0.25) is 5.02 Å². The average Bonchev–Trinajstić information content (AvgIpc) is 2.35. The van der Waals surface area contributed by atoms with Crippen LogP contribution < -0.4 is 10.5 Å². The Morgan fingerprint density at radius 1 is 1.32 bits per heavy atom. The van der Waals surface area contributed by atoms with Gasteiger partial charge in [-0.15, -0.1) is 0 Å². The third-order valence-electron chi connectivity index (χ3n) is 3.25. The van der Waals surface area contributed by atoms with E-state index in [1.54, 1.807) is 12.1 Å². The molecular formula is C13H21ClN2O2S. The zero-order chi connectivity index (χ0) is 14.6. The van der Waals surface area contributed by atoms with Gasteiger partial charge < -0.3 is 5.73 Å². The van der Waals surface area contributed by atoms with Crippen LogP contribution >= 0.6 is 11.6 Å². The largest absolute Gasteiger partial charge is 0.326 e. The van der Waals surface area contributed by atoms with Crippen LogP contribution in [0, 0.1) is 11.8 Å². The summed E-state index contributed by atoms with van der Waals surface area (Å²) < 4.78 is 26.9. The van der Waals surface area contributed by atoms with E-state index in [1.807, 2.05) is 6.92 Å². The minimum Gasteiger partial charge on any atom is -0.326 e. The maximum absolute atomic E-state index is 12.2. The topological polar surface area (TPSA) is 72.2 Å². The number of benzene rings is 1. The van der Waals surface area contributed by atoms with Crippen molar-refractivity contribution in [1.82, 2.24) is 4.72 Å². The van der Waals surface area contributed by atoms with Gasteiger partial charge in [-0.05, 0) is 29.5 Å².